The maximum Gasteiger partial charge on any atom is 0.199 e. The van der Waals surface area contributed by atoms with Crippen molar-refractivity contribution in [3.8, 4) is 0 Å². The van der Waals surface area contributed by atoms with E-state index in [-0.39, 0.29) is 0 Å². The van der Waals surface area contributed by atoms with Crippen LogP contribution in [-0.2, 0) is 0 Å². The van der Waals surface area contributed by atoms with Crippen molar-refractivity contribution in [2.45, 2.75) is 6.42 Å². The zero-order chi connectivity index (χ0) is 5.98. The van der Waals surface area contributed by atoms with Crippen molar-refractivity contribution in [3.05, 3.63) is 35.4 Å². The molecule has 0 aromatic rings. The Kier molecular flexibility index (Phi) is 1.48. The van der Waals surface area contributed by atoms with Crippen LogP contribution >= 0.6 is 11.6 Å². The molecule has 0 spiro atoms. The molecule has 0 radical (unpaired) electrons. The smallest absolute Gasteiger partial charge is 0.0215 e. The van der Waals surface area contributed by atoms with Crippen LogP contribution in [-0.4, -0.2) is 0 Å². The first-order chi connectivity index (χ1) is 3.80. The highest BCUT2D eigenvalue weighted by atomic mass is 35.5. The first-order valence-electron chi connectivity index (χ1n) is 2.45. The molecule has 0 heterocycles. The van der Waals surface area contributed by atoms with E-state index < -0.39 is 0 Å². The summed E-state index contributed by atoms with van der Waals surface area (Å²) in [5.74, 6) is 0. The third-order valence-electron chi connectivity index (χ3n) is 1.01. The molecule has 8 heavy (non-hydrogen) atoms. The maximum atomic E-state index is 5.61. The Morgan fingerprint density at radius 1 is 1.62 bits per heavy atom. The lowest BCUT2D eigenvalue weighted by molar-refractivity contribution is 1.33. The van der Waals surface area contributed by atoms with Crippen molar-refractivity contribution in [2.75, 3.05) is 0 Å². The molecule has 1 rings (SSSR count). The molecule has 0 bridgehead atoms. The Labute approximate surface area is 54.2 Å². The summed E-state index contributed by atoms with van der Waals surface area (Å²) < 4.78 is 0. The average Bonchev–Trinajstić information content (AvgIpc) is 1.77. The van der Waals surface area contributed by atoms with Crippen molar-refractivity contribution < 1.29 is 0 Å². The fourth-order valence-electron chi connectivity index (χ4n) is 0.564. The van der Waals surface area contributed by atoms with E-state index in [1.165, 1.54) is 0 Å². The fraction of sp³-hybridized carbons (Fsp3) is 0.143. The lowest BCUT2D eigenvalue weighted by Gasteiger charge is -1.89. The lowest BCUT2D eigenvalue weighted by Crippen LogP contribution is -1.80. The van der Waals surface area contributed by atoms with Gasteiger partial charge in [0.1, 0.15) is 0 Å². The number of hydrogen-bond acceptors (Lipinski definition) is 0. The van der Waals surface area contributed by atoms with E-state index in [0.717, 1.165) is 6.42 Å². The summed E-state index contributed by atoms with van der Waals surface area (Å²) in [7, 11) is 0. The fourth-order valence-corrected chi connectivity index (χ4v) is 0.716. The van der Waals surface area contributed by atoms with E-state index in [1.807, 2.05) is 18.2 Å². The van der Waals surface area contributed by atoms with E-state index in [0.29, 0.717) is 10.6 Å². The summed E-state index contributed by atoms with van der Waals surface area (Å²) in [4.78, 5) is 0. The van der Waals surface area contributed by atoms with Gasteiger partial charge in [-0.1, -0.05) is 0 Å². The van der Waals surface area contributed by atoms with Crippen LogP contribution in [0.5, 0.6) is 0 Å². The van der Waals surface area contributed by atoms with Gasteiger partial charge in [-0.15, -0.1) is 0 Å². The van der Waals surface area contributed by atoms with Gasteiger partial charge in [-0.2, -0.15) is 0 Å². The van der Waals surface area contributed by atoms with Crippen LogP contribution in [0.3, 0.4) is 0 Å². The summed E-state index contributed by atoms with van der Waals surface area (Å²) in [6, 6.07) is 0. The van der Waals surface area contributed by atoms with Gasteiger partial charge in [0.15, 0.2) is 10.6 Å². The van der Waals surface area contributed by atoms with Crippen LogP contribution in [0.1, 0.15) is 6.42 Å². The molecule has 0 aromatic carbocycles. The van der Waals surface area contributed by atoms with E-state index in [9.17, 15) is 0 Å². The zero-order valence-corrected chi connectivity index (χ0v) is 5.15. The van der Waals surface area contributed by atoms with Crippen molar-refractivity contribution in [1.29, 1.82) is 0 Å². The van der Waals surface area contributed by atoms with Crippen LogP contribution in [0.15, 0.2) is 28.8 Å². The number of hydrogen-bond donors (Lipinski definition) is 0. The van der Waals surface area contributed by atoms with Gasteiger partial charge < -0.3 is 0 Å². The van der Waals surface area contributed by atoms with E-state index >= 15 is 0 Å². The summed E-state index contributed by atoms with van der Waals surface area (Å²) in [5.41, 5.74) is 0.665. The molecule has 1 aliphatic carbocycles. The monoisotopic (exact) mass is 125 g/mol. The summed E-state index contributed by atoms with van der Waals surface area (Å²) in [6.45, 7) is 5.41. The second-order valence-corrected chi connectivity index (χ2v) is 2.05. The zero-order valence-electron chi connectivity index (χ0n) is 4.39. The molecule has 1 aliphatic rings. The Bertz CT molecular complexity index is 163. The minimum Gasteiger partial charge on any atom is -0.0215 e. The summed E-state index contributed by atoms with van der Waals surface area (Å²) in [5, 5.41) is 0.674. The minimum absolute atomic E-state index is 0.665. The molecule has 0 saturated carbocycles. The molecule has 0 nitrogen and oxygen atoms in total. The summed E-state index contributed by atoms with van der Waals surface area (Å²) in [6.07, 6.45) is 6.58. The van der Waals surface area contributed by atoms with Gasteiger partial charge in [-0.05, 0) is 12.2 Å². The van der Waals surface area contributed by atoms with E-state index in [4.69, 9.17) is 18.2 Å². The molecular formula is C7H6Cl+. The van der Waals surface area contributed by atoms with Crippen LogP contribution in [0, 0.1) is 6.58 Å². The van der Waals surface area contributed by atoms with Crippen LogP contribution in [0.2, 0.25) is 0 Å². The topological polar surface area (TPSA) is 0 Å². The second kappa shape index (κ2) is 2.13. The normalized spacial score (nSPS) is 18.5. The van der Waals surface area contributed by atoms with Gasteiger partial charge >= 0.3 is 0 Å². The highest BCUT2D eigenvalue weighted by molar-refractivity contribution is 6.32. The Morgan fingerprint density at radius 3 is 2.75 bits per heavy atom. The molecule has 0 saturated heterocycles. The van der Waals surface area contributed by atoms with Crippen molar-refractivity contribution in [3.63, 3.8) is 0 Å². The highest BCUT2D eigenvalue weighted by Crippen LogP contribution is 2.18. The molecule has 0 N–H and O–H groups in total. The van der Waals surface area contributed by atoms with Crippen LogP contribution in [0.4, 0.5) is 0 Å². The van der Waals surface area contributed by atoms with Gasteiger partial charge in [0.2, 0.25) is 0 Å². The van der Waals surface area contributed by atoms with Gasteiger partial charge in [-0.25, -0.2) is 0 Å². The third-order valence-corrected chi connectivity index (χ3v) is 1.38. The second-order valence-electron chi connectivity index (χ2n) is 1.65. The Hall–Kier alpha value is -0.580. The molecule has 0 unspecified atom stereocenters. The maximum absolute atomic E-state index is 5.61. The van der Waals surface area contributed by atoms with Gasteiger partial charge in [-0.3, -0.25) is 0 Å². The molecule has 1 heteroatoms. The molecule has 0 amide bonds. The molecule has 0 aliphatic heterocycles. The third kappa shape index (κ3) is 0.975. The van der Waals surface area contributed by atoms with Crippen LogP contribution < -0.4 is 0 Å². The molecule has 40 valence electrons. The predicted octanol–water partition coefficient (Wildman–Crippen LogP) is 2.43. The van der Waals surface area contributed by atoms with Gasteiger partial charge in [0, 0.05) is 24.6 Å². The van der Waals surface area contributed by atoms with E-state index in [2.05, 4.69) is 0 Å². The molecule has 0 fully saturated rings. The predicted molar refractivity (Wildman–Crippen MR) is 35.5 cm³/mol. The van der Waals surface area contributed by atoms with Crippen molar-refractivity contribution >= 4 is 11.6 Å². The largest absolute Gasteiger partial charge is 0.199 e. The minimum atomic E-state index is 0.665. The SMILES string of the molecule is [CH+]=C1C=CCC=C1Cl. The number of rotatable bonds is 0. The van der Waals surface area contributed by atoms with Gasteiger partial charge in [0.05, 0.1) is 6.08 Å². The Balaban J connectivity index is 2.78. The highest BCUT2D eigenvalue weighted by Gasteiger charge is 2.08. The molecule has 0 atom stereocenters. The van der Waals surface area contributed by atoms with E-state index in [1.54, 1.807) is 0 Å². The standard InChI is InChI=1S/C7H6Cl/c1-6-4-2-3-5-7(6)8/h1-2,4-5H,3H2/q+1. The van der Waals surface area contributed by atoms with Crippen molar-refractivity contribution in [1.82, 2.24) is 0 Å². The molecule has 0 aromatic heterocycles. The lowest BCUT2D eigenvalue weighted by atomic mass is 10.1. The first-order valence-corrected chi connectivity index (χ1v) is 2.83. The van der Waals surface area contributed by atoms with Crippen molar-refractivity contribution in [2.24, 2.45) is 0 Å². The Morgan fingerprint density at radius 2 is 2.38 bits per heavy atom. The molecular weight excluding hydrogens is 120 g/mol. The number of halogens is 1. The quantitative estimate of drug-likeness (QED) is 0.436. The first kappa shape index (κ1) is 5.55. The number of allylic oxidation sites excluding steroid dienone is 5. The summed E-state index contributed by atoms with van der Waals surface area (Å²) >= 11 is 5.61. The van der Waals surface area contributed by atoms with Gasteiger partial charge in [0.25, 0.3) is 0 Å². The van der Waals surface area contributed by atoms with Crippen LogP contribution in [0.25, 0.3) is 0 Å². The average molecular weight is 126 g/mol.